The van der Waals surface area contributed by atoms with E-state index in [9.17, 15) is 4.79 Å². The zero-order valence-electron chi connectivity index (χ0n) is 7.95. The number of nitrogens with one attached hydrogen (secondary N) is 1. The lowest BCUT2D eigenvalue weighted by Crippen LogP contribution is -1.96. The molecule has 2 heterocycles. The molecule has 0 saturated heterocycles. The molecule has 0 aliphatic rings. The van der Waals surface area contributed by atoms with Crippen molar-refractivity contribution in [2.24, 2.45) is 5.10 Å². The van der Waals surface area contributed by atoms with Gasteiger partial charge < -0.3 is 9.52 Å². The quantitative estimate of drug-likeness (QED) is 0.626. The number of hydrazone groups is 1. The van der Waals surface area contributed by atoms with Gasteiger partial charge in [0.15, 0.2) is 5.69 Å². The van der Waals surface area contributed by atoms with Crippen LogP contribution in [0.25, 0.3) is 0 Å². The SMILES string of the molecule is O=C(O)c1csc(NN=Cc2ccco2)n1. The van der Waals surface area contributed by atoms with Crippen LogP contribution in [-0.4, -0.2) is 22.3 Å². The van der Waals surface area contributed by atoms with E-state index in [0.717, 1.165) is 0 Å². The molecule has 0 amide bonds. The molecule has 2 aromatic rings. The highest BCUT2D eigenvalue weighted by molar-refractivity contribution is 7.13. The topological polar surface area (TPSA) is 87.7 Å². The van der Waals surface area contributed by atoms with E-state index in [1.807, 2.05) is 0 Å². The molecule has 0 radical (unpaired) electrons. The number of hydrogen-bond acceptors (Lipinski definition) is 6. The van der Waals surface area contributed by atoms with Crippen LogP contribution < -0.4 is 5.43 Å². The van der Waals surface area contributed by atoms with Crippen molar-refractivity contribution in [1.29, 1.82) is 0 Å². The van der Waals surface area contributed by atoms with E-state index in [0.29, 0.717) is 10.9 Å². The minimum absolute atomic E-state index is 0.000647. The number of aromatic carboxylic acids is 1. The van der Waals surface area contributed by atoms with E-state index in [4.69, 9.17) is 9.52 Å². The van der Waals surface area contributed by atoms with Crippen LogP contribution in [0.1, 0.15) is 16.2 Å². The molecule has 0 unspecified atom stereocenters. The molecule has 0 aromatic carbocycles. The Labute approximate surface area is 94.2 Å². The number of furan rings is 1. The summed E-state index contributed by atoms with van der Waals surface area (Å²) in [6.45, 7) is 0. The summed E-state index contributed by atoms with van der Waals surface area (Å²) >= 11 is 1.17. The van der Waals surface area contributed by atoms with Gasteiger partial charge in [0.1, 0.15) is 5.76 Å². The normalized spacial score (nSPS) is 10.8. The number of nitrogens with zero attached hydrogens (tertiary/aromatic N) is 2. The summed E-state index contributed by atoms with van der Waals surface area (Å²) in [5.41, 5.74) is 2.61. The molecule has 16 heavy (non-hydrogen) atoms. The van der Waals surface area contributed by atoms with Crippen molar-refractivity contribution < 1.29 is 14.3 Å². The minimum atomic E-state index is -1.06. The third-order valence-corrected chi connectivity index (χ3v) is 2.37. The van der Waals surface area contributed by atoms with Crippen molar-refractivity contribution in [2.45, 2.75) is 0 Å². The maximum Gasteiger partial charge on any atom is 0.355 e. The zero-order chi connectivity index (χ0) is 11.4. The van der Waals surface area contributed by atoms with Gasteiger partial charge in [-0.3, -0.25) is 5.43 Å². The predicted octanol–water partition coefficient (Wildman–Crippen LogP) is 1.88. The molecule has 2 aromatic heterocycles. The van der Waals surface area contributed by atoms with Crippen molar-refractivity contribution >= 4 is 28.7 Å². The fraction of sp³-hybridized carbons (Fsp3) is 0. The summed E-state index contributed by atoms with van der Waals surface area (Å²) in [7, 11) is 0. The third-order valence-electron chi connectivity index (χ3n) is 1.62. The van der Waals surface area contributed by atoms with Crippen LogP contribution in [0.15, 0.2) is 33.3 Å². The second-order valence-electron chi connectivity index (χ2n) is 2.73. The van der Waals surface area contributed by atoms with Crippen LogP contribution in [0.5, 0.6) is 0 Å². The van der Waals surface area contributed by atoms with E-state index >= 15 is 0 Å². The molecule has 0 aliphatic heterocycles. The average Bonchev–Trinajstić information content (AvgIpc) is 2.87. The molecule has 0 saturated carbocycles. The van der Waals surface area contributed by atoms with E-state index < -0.39 is 5.97 Å². The van der Waals surface area contributed by atoms with Crippen molar-refractivity contribution in [3.63, 3.8) is 0 Å². The summed E-state index contributed by atoms with van der Waals surface area (Å²) in [6.07, 6.45) is 3.01. The van der Waals surface area contributed by atoms with Gasteiger partial charge in [-0.15, -0.1) is 11.3 Å². The number of carboxylic acid groups (broad SMARTS) is 1. The van der Waals surface area contributed by atoms with Crippen molar-refractivity contribution in [1.82, 2.24) is 4.98 Å². The Bertz CT molecular complexity index is 504. The molecule has 2 rings (SSSR count). The Morgan fingerprint density at radius 2 is 2.56 bits per heavy atom. The number of thiazole rings is 1. The van der Waals surface area contributed by atoms with Crippen molar-refractivity contribution in [3.8, 4) is 0 Å². The molecule has 2 N–H and O–H groups in total. The summed E-state index contributed by atoms with van der Waals surface area (Å²) in [5.74, 6) is -0.457. The van der Waals surface area contributed by atoms with Gasteiger partial charge in [-0.05, 0) is 12.1 Å². The molecule has 0 spiro atoms. The molecular formula is C9H7N3O3S. The Morgan fingerprint density at radius 1 is 1.69 bits per heavy atom. The molecule has 82 valence electrons. The Kier molecular flexibility index (Phi) is 2.97. The van der Waals surface area contributed by atoms with E-state index in [1.165, 1.54) is 29.2 Å². The van der Waals surface area contributed by atoms with Crippen LogP contribution in [0, 0.1) is 0 Å². The lowest BCUT2D eigenvalue weighted by molar-refractivity contribution is 0.0691. The summed E-state index contributed by atoms with van der Waals surface area (Å²) in [5, 5.41) is 14.3. The van der Waals surface area contributed by atoms with Crippen LogP contribution in [0.4, 0.5) is 5.13 Å². The van der Waals surface area contributed by atoms with E-state index in [2.05, 4.69) is 15.5 Å². The van der Waals surface area contributed by atoms with E-state index in [-0.39, 0.29) is 5.69 Å². The average molecular weight is 237 g/mol. The lowest BCUT2D eigenvalue weighted by Gasteiger charge is -1.90. The maximum atomic E-state index is 10.5. The van der Waals surface area contributed by atoms with Gasteiger partial charge in [-0.1, -0.05) is 0 Å². The standard InChI is InChI=1S/C9H7N3O3S/c13-8(14)7-5-16-9(11-7)12-10-4-6-2-1-3-15-6/h1-5H,(H,11,12)(H,13,14). The smallest absolute Gasteiger partial charge is 0.355 e. The molecule has 7 heteroatoms. The first-order valence-electron chi connectivity index (χ1n) is 4.27. The summed E-state index contributed by atoms with van der Waals surface area (Å²) < 4.78 is 5.01. The van der Waals surface area contributed by atoms with Gasteiger partial charge >= 0.3 is 5.97 Å². The fourth-order valence-electron chi connectivity index (χ4n) is 0.939. The highest BCUT2D eigenvalue weighted by Gasteiger charge is 2.07. The Hall–Kier alpha value is -2.15. The Balaban J connectivity index is 1.97. The fourth-order valence-corrected chi connectivity index (χ4v) is 1.57. The summed E-state index contributed by atoms with van der Waals surface area (Å²) in [4.78, 5) is 14.3. The number of anilines is 1. The van der Waals surface area contributed by atoms with Gasteiger partial charge in [-0.25, -0.2) is 9.78 Å². The summed E-state index contributed by atoms with van der Waals surface area (Å²) in [6, 6.07) is 3.49. The van der Waals surface area contributed by atoms with Crippen LogP contribution in [0.2, 0.25) is 0 Å². The monoisotopic (exact) mass is 237 g/mol. The number of carbonyl (C=O) groups is 1. The molecular weight excluding hydrogens is 230 g/mol. The zero-order valence-corrected chi connectivity index (χ0v) is 8.77. The van der Waals surface area contributed by atoms with E-state index in [1.54, 1.807) is 12.1 Å². The van der Waals surface area contributed by atoms with Gasteiger partial charge in [0.2, 0.25) is 5.13 Å². The molecule has 0 fully saturated rings. The second-order valence-corrected chi connectivity index (χ2v) is 3.59. The first-order valence-corrected chi connectivity index (χ1v) is 5.15. The predicted molar refractivity (Wildman–Crippen MR) is 59.0 cm³/mol. The molecule has 0 aliphatic carbocycles. The van der Waals surface area contributed by atoms with Crippen LogP contribution in [-0.2, 0) is 0 Å². The van der Waals surface area contributed by atoms with Crippen molar-refractivity contribution in [3.05, 3.63) is 35.2 Å². The highest BCUT2D eigenvalue weighted by Crippen LogP contribution is 2.14. The first-order chi connectivity index (χ1) is 7.75. The number of hydrogen-bond donors (Lipinski definition) is 2. The number of aromatic nitrogens is 1. The Morgan fingerprint density at radius 3 is 3.19 bits per heavy atom. The number of carboxylic acids is 1. The maximum absolute atomic E-state index is 10.5. The minimum Gasteiger partial charge on any atom is -0.476 e. The van der Waals surface area contributed by atoms with Gasteiger partial charge in [0.25, 0.3) is 0 Å². The van der Waals surface area contributed by atoms with Crippen LogP contribution >= 0.6 is 11.3 Å². The second kappa shape index (κ2) is 4.58. The first kappa shape index (κ1) is 10.4. The van der Waals surface area contributed by atoms with Crippen molar-refractivity contribution in [2.75, 3.05) is 5.43 Å². The number of rotatable bonds is 4. The molecule has 0 bridgehead atoms. The highest BCUT2D eigenvalue weighted by atomic mass is 32.1. The molecule has 6 nitrogen and oxygen atoms in total. The van der Waals surface area contributed by atoms with Crippen LogP contribution in [0.3, 0.4) is 0 Å². The lowest BCUT2D eigenvalue weighted by atomic mass is 10.5. The van der Waals surface area contributed by atoms with Gasteiger partial charge in [0, 0.05) is 5.38 Å². The largest absolute Gasteiger partial charge is 0.476 e. The molecule has 0 atom stereocenters. The van der Waals surface area contributed by atoms with Gasteiger partial charge in [-0.2, -0.15) is 5.10 Å². The third kappa shape index (κ3) is 2.45. The van der Waals surface area contributed by atoms with Gasteiger partial charge in [0.05, 0.1) is 12.5 Å².